The average Bonchev–Trinajstić information content (AvgIpc) is 2.63. The highest BCUT2D eigenvalue weighted by Gasteiger charge is 2.11. The van der Waals surface area contributed by atoms with E-state index in [1.54, 1.807) is 18.2 Å². The van der Waals surface area contributed by atoms with E-state index in [1.807, 2.05) is 62.3 Å². The first-order valence-corrected chi connectivity index (χ1v) is 8.75. The Balaban J connectivity index is 1.76. The van der Waals surface area contributed by atoms with E-state index in [2.05, 4.69) is 20.6 Å². The number of hydrogen-bond acceptors (Lipinski definition) is 5. The van der Waals surface area contributed by atoms with E-state index >= 15 is 0 Å². The number of benzene rings is 2. The van der Waals surface area contributed by atoms with Crippen molar-refractivity contribution in [1.29, 1.82) is 0 Å². The second kappa shape index (κ2) is 8.05. The lowest BCUT2D eigenvalue weighted by atomic mass is 10.2. The van der Waals surface area contributed by atoms with Gasteiger partial charge in [0.25, 0.3) is 5.91 Å². The summed E-state index contributed by atoms with van der Waals surface area (Å²) < 4.78 is 0. The summed E-state index contributed by atoms with van der Waals surface area (Å²) in [7, 11) is 3.93. The molecule has 138 valence electrons. The van der Waals surface area contributed by atoms with Crippen molar-refractivity contribution in [2.75, 3.05) is 29.6 Å². The molecule has 0 unspecified atom stereocenters. The molecule has 0 aliphatic carbocycles. The number of rotatable bonds is 5. The van der Waals surface area contributed by atoms with Crippen molar-refractivity contribution in [1.82, 2.24) is 9.97 Å². The van der Waals surface area contributed by atoms with Crippen LogP contribution in [0.3, 0.4) is 0 Å². The van der Waals surface area contributed by atoms with E-state index in [0.717, 1.165) is 11.4 Å². The van der Waals surface area contributed by atoms with Gasteiger partial charge in [0.1, 0.15) is 5.69 Å². The van der Waals surface area contributed by atoms with Gasteiger partial charge in [0.05, 0.1) is 0 Å². The number of anilines is 4. The molecule has 27 heavy (non-hydrogen) atoms. The van der Waals surface area contributed by atoms with Crippen LogP contribution in [0.15, 0.2) is 54.6 Å². The van der Waals surface area contributed by atoms with E-state index in [0.29, 0.717) is 22.4 Å². The van der Waals surface area contributed by atoms with Crippen LogP contribution < -0.4 is 15.5 Å². The van der Waals surface area contributed by atoms with Crippen molar-refractivity contribution in [3.63, 3.8) is 0 Å². The highest BCUT2D eigenvalue weighted by atomic mass is 35.5. The predicted octanol–water partition coefficient (Wildman–Crippen LogP) is 4.50. The van der Waals surface area contributed by atoms with E-state index in [4.69, 9.17) is 11.6 Å². The van der Waals surface area contributed by atoms with Crippen LogP contribution in [0.2, 0.25) is 5.02 Å². The van der Waals surface area contributed by atoms with Gasteiger partial charge in [0.15, 0.2) is 0 Å². The zero-order valence-electron chi connectivity index (χ0n) is 15.3. The Morgan fingerprint density at radius 2 is 1.59 bits per heavy atom. The molecule has 0 saturated heterocycles. The number of hydrogen-bond donors (Lipinski definition) is 2. The van der Waals surface area contributed by atoms with Crippen LogP contribution in [-0.2, 0) is 0 Å². The van der Waals surface area contributed by atoms with Crippen LogP contribution in [0, 0.1) is 6.92 Å². The molecule has 6 nitrogen and oxygen atoms in total. The minimum Gasteiger partial charge on any atom is -0.378 e. The molecule has 0 spiro atoms. The number of carbonyl (C=O) groups excluding carboxylic acids is 1. The monoisotopic (exact) mass is 381 g/mol. The van der Waals surface area contributed by atoms with Gasteiger partial charge < -0.3 is 15.5 Å². The summed E-state index contributed by atoms with van der Waals surface area (Å²) in [6.45, 7) is 1.82. The third-order valence-electron chi connectivity index (χ3n) is 3.83. The van der Waals surface area contributed by atoms with Crippen LogP contribution in [-0.4, -0.2) is 30.0 Å². The molecule has 0 radical (unpaired) electrons. The maximum atomic E-state index is 12.6. The number of nitrogens with zero attached hydrogens (tertiary/aromatic N) is 3. The first-order chi connectivity index (χ1) is 12.9. The fourth-order valence-electron chi connectivity index (χ4n) is 2.44. The maximum Gasteiger partial charge on any atom is 0.274 e. The largest absolute Gasteiger partial charge is 0.378 e. The van der Waals surface area contributed by atoms with Gasteiger partial charge in [0.2, 0.25) is 5.95 Å². The average molecular weight is 382 g/mol. The number of aromatic nitrogens is 2. The molecule has 0 atom stereocenters. The molecule has 2 N–H and O–H groups in total. The normalized spacial score (nSPS) is 10.4. The molecular formula is C20H20ClN5O. The smallest absolute Gasteiger partial charge is 0.274 e. The Hall–Kier alpha value is -3.12. The molecule has 0 saturated carbocycles. The zero-order valence-corrected chi connectivity index (χ0v) is 16.1. The third-order valence-corrected chi connectivity index (χ3v) is 4.08. The van der Waals surface area contributed by atoms with Gasteiger partial charge in [-0.25, -0.2) is 9.97 Å². The van der Waals surface area contributed by atoms with Crippen LogP contribution in [0.1, 0.15) is 16.2 Å². The highest BCUT2D eigenvalue weighted by molar-refractivity contribution is 6.30. The Morgan fingerprint density at radius 1 is 0.963 bits per heavy atom. The summed E-state index contributed by atoms with van der Waals surface area (Å²) in [5, 5.41) is 6.59. The molecule has 0 bridgehead atoms. The van der Waals surface area contributed by atoms with Crippen molar-refractivity contribution in [2.45, 2.75) is 6.92 Å². The summed E-state index contributed by atoms with van der Waals surface area (Å²) in [4.78, 5) is 23.2. The zero-order chi connectivity index (χ0) is 19.4. The summed E-state index contributed by atoms with van der Waals surface area (Å²) in [6, 6.07) is 16.4. The highest BCUT2D eigenvalue weighted by Crippen LogP contribution is 2.19. The molecule has 1 amide bonds. The van der Waals surface area contributed by atoms with E-state index in [-0.39, 0.29) is 11.6 Å². The molecule has 0 fully saturated rings. The van der Waals surface area contributed by atoms with Crippen molar-refractivity contribution in [2.24, 2.45) is 0 Å². The van der Waals surface area contributed by atoms with Crippen LogP contribution in [0.5, 0.6) is 0 Å². The fourth-order valence-corrected chi connectivity index (χ4v) is 2.57. The molecule has 1 aromatic heterocycles. The van der Waals surface area contributed by atoms with Crippen molar-refractivity contribution in [3.05, 3.63) is 71.0 Å². The summed E-state index contributed by atoms with van der Waals surface area (Å²) in [5.41, 5.74) is 3.52. The predicted molar refractivity (Wildman–Crippen MR) is 110 cm³/mol. The van der Waals surface area contributed by atoms with Crippen LogP contribution in [0.4, 0.5) is 23.0 Å². The van der Waals surface area contributed by atoms with Crippen molar-refractivity contribution >= 4 is 40.5 Å². The topological polar surface area (TPSA) is 70.2 Å². The molecule has 2 aromatic carbocycles. The number of carbonyl (C=O) groups is 1. The molecular weight excluding hydrogens is 362 g/mol. The van der Waals surface area contributed by atoms with Crippen LogP contribution in [0.25, 0.3) is 0 Å². The van der Waals surface area contributed by atoms with Crippen molar-refractivity contribution in [3.8, 4) is 0 Å². The maximum absolute atomic E-state index is 12.6. The Labute approximate surface area is 163 Å². The van der Waals surface area contributed by atoms with Gasteiger partial charge in [-0.3, -0.25) is 4.79 Å². The second-order valence-electron chi connectivity index (χ2n) is 6.25. The van der Waals surface area contributed by atoms with E-state index < -0.39 is 0 Å². The van der Waals surface area contributed by atoms with Gasteiger partial charge in [-0.05, 0) is 61.5 Å². The molecule has 1 heterocycles. The lowest BCUT2D eigenvalue weighted by Gasteiger charge is -2.13. The van der Waals surface area contributed by atoms with E-state index in [1.165, 1.54) is 0 Å². The summed E-state index contributed by atoms with van der Waals surface area (Å²) in [6.07, 6.45) is 0. The molecule has 3 aromatic rings. The Bertz CT molecular complexity index is 940. The minimum atomic E-state index is -0.294. The summed E-state index contributed by atoms with van der Waals surface area (Å²) >= 11 is 5.90. The molecule has 0 aliphatic heterocycles. The lowest BCUT2D eigenvalue weighted by molar-refractivity contribution is 0.102. The quantitative estimate of drug-likeness (QED) is 0.680. The second-order valence-corrected chi connectivity index (χ2v) is 6.68. The van der Waals surface area contributed by atoms with Crippen molar-refractivity contribution < 1.29 is 4.79 Å². The van der Waals surface area contributed by atoms with Gasteiger partial charge in [-0.2, -0.15) is 0 Å². The summed E-state index contributed by atoms with van der Waals surface area (Å²) in [5.74, 6) is 0.0580. The molecule has 7 heteroatoms. The first-order valence-electron chi connectivity index (χ1n) is 8.38. The van der Waals surface area contributed by atoms with E-state index in [9.17, 15) is 4.79 Å². The van der Waals surface area contributed by atoms with Gasteiger partial charge in [-0.15, -0.1) is 0 Å². The Morgan fingerprint density at radius 3 is 2.22 bits per heavy atom. The first kappa shape index (κ1) is 18.7. The fraction of sp³-hybridized carbons (Fsp3) is 0.150. The number of nitrogens with one attached hydrogen (secondary N) is 2. The number of amides is 1. The van der Waals surface area contributed by atoms with Crippen LogP contribution >= 0.6 is 11.6 Å². The molecule has 0 aliphatic rings. The Kier molecular flexibility index (Phi) is 5.57. The third kappa shape index (κ3) is 4.95. The molecule has 3 rings (SSSR count). The lowest BCUT2D eigenvalue weighted by Crippen LogP contribution is -2.15. The van der Waals surface area contributed by atoms with Gasteiger partial charge >= 0.3 is 0 Å². The van der Waals surface area contributed by atoms with Gasteiger partial charge in [0, 0.05) is 41.9 Å². The number of halogens is 1. The minimum absolute atomic E-state index is 0.288. The SMILES string of the molecule is Cc1cc(C(=O)Nc2ccc(N(C)C)cc2)nc(Nc2ccc(Cl)cc2)n1. The standard InChI is InChI=1S/C20H20ClN5O/c1-13-12-18(19(27)23-15-8-10-17(11-9-15)26(2)3)25-20(22-13)24-16-6-4-14(21)5-7-16/h4-12H,1-3H3,(H,23,27)(H,22,24,25). The van der Waals surface area contributed by atoms with Gasteiger partial charge in [-0.1, -0.05) is 11.6 Å². The number of aryl methyl sites for hydroxylation is 1.